The Bertz CT molecular complexity index is 372. The average molecular weight is 333 g/mol. The van der Waals surface area contributed by atoms with Crippen molar-refractivity contribution in [3.05, 3.63) is 20.8 Å². The third-order valence-corrected chi connectivity index (χ3v) is 5.42. The highest BCUT2D eigenvalue weighted by atomic mass is 79.9. The summed E-state index contributed by atoms with van der Waals surface area (Å²) in [6.45, 7) is 5.78. The average Bonchev–Trinajstić information content (AvgIpc) is 2.67. The van der Waals surface area contributed by atoms with Crippen LogP contribution in [-0.4, -0.2) is 37.2 Å². The van der Waals surface area contributed by atoms with Gasteiger partial charge in [-0.15, -0.1) is 11.3 Å². The molecule has 2 rings (SSSR count). The first kappa shape index (κ1) is 14.5. The monoisotopic (exact) mass is 332 g/mol. The molecule has 2 N–H and O–H groups in total. The molecule has 5 heteroatoms. The Kier molecular flexibility index (Phi) is 5.63. The topological polar surface area (TPSA) is 38.5 Å². The van der Waals surface area contributed by atoms with Crippen LogP contribution in [0.1, 0.15) is 30.7 Å². The van der Waals surface area contributed by atoms with Gasteiger partial charge in [0.15, 0.2) is 0 Å². The first-order chi connectivity index (χ1) is 8.76. The molecule has 1 aliphatic heterocycles. The van der Waals surface area contributed by atoms with Gasteiger partial charge in [-0.25, -0.2) is 0 Å². The predicted molar refractivity (Wildman–Crippen MR) is 80.0 cm³/mol. The van der Waals surface area contributed by atoms with E-state index < -0.39 is 0 Å². The zero-order valence-corrected chi connectivity index (χ0v) is 13.2. The summed E-state index contributed by atoms with van der Waals surface area (Å²) in [6.07, 6.45) is 2.51. The lowest BCUT2D eigenvalue weighted by Crippen LogP contribution is -2.38. The molecule has 0 saturated carbocycles. The Morgan fingerprint density at radius 3 is 3.11 bits per heavy atom. The molecule has 1 fully saturated rings. The number of thiophene rings is 1. The third kappa shape index (κ3) is 3.33. The highest BCUT2D eigenvalue weighted by Crippen LogP contribution is 2.33. The summed E-state index contributed by atoms with van der Waals surface area (Å²) in [5.41, 5.74) is 6.00. The molecule has 0 amide bonds. The van der Waals surface area contributed by atoms with Crippen LogP contribution in [0.3, 0.4) is 0 Å². The molecule has 0 spiro atoms. The predicted octanol–water partition coefficient (Wildman–Crippen LogP) is 3.01. The van der Waals surface area contributed by atoms with Crippen LogP contribution in [0.15, 0.2) is 15.9 Å². The molecule has 0 radical (unpaired) electrons. The number of hydrogen-bond acceptors (Lipinski definition) is 4. The van der Waals surface area contributed by atoms with Crippen molar-refractivity contribution in [2.24, 2.45) is 5.73 Å². The Labute approximate surface area is 121 Å². The molecule has 1 aliphatic rings. The van der Waals surface area contributed by atoms with Gasteiger partial charge in [0.05, 0.1) is 12.1 Å². The van der Waals surface area contributed by atoms with Crippen LogP contribution in [0.4, 0.5) is 0 Å². The maximum atomic E-state index is 6.00. The maximum Gasteiger partial charge on any atom is 0.0699 e. The van der Waals surface area contributed by atoms with Crippen LogP contribution in [0.25, 0.3) is 0 Å². The Morgan fingerprint density at radius 2 is 2.50 bits per heavy atom. The normalized spacial score (nSPS) is 23.8. The summed E-state index contributed by atoms with van der Waals surface area (Å²) in [7, 11) is 0. The molecule has 2 heterocycles. The molecule has 0 bridgehead atoms. The highest BCUT2D eigenvalue weighted by Gasteiger charge is 2.26. The van der Waals surface area contributed by atoms with E-state index in [2.05, 4.69) is 39.2 Å². The lowest BCUT2D eigenvalue weighted by molar-refractivity contribution is 0.0460. The van der Waals surface area contributed by atoms with E-state index in [0.717, 1.165) is 32.5 Å². The maximum absolute atomic E-state index is 6.00. The van der Waals surface area contributed by atoms with Crippen molar-refractivity contribution >= 4 is 27.3 Å². The second-order valence-electron chi connectivity index (χ2n) is 4.63. The minimum atomic E-state index is 0.315. The van der Waals surface area contributed by atoms with Gasteiger partial charge >= 0.3 is 0 Å². The molecule has 2 unspecified atom stereocenters. The lowest BCUT2D eigenvalue weighted by atomic mass is 10.1. The van der Waals surface area contributed by atoms with Gasteiger partial charge in [0.1, 0.15) is 0 Å². The number of nitrogens with two attached hydrogens (primary N) is 1. The van der Waals surface area contributed by atoms with Gasteiger partial charge < -0.3 is 10.5 Å². The van der Waals surface area contributed by atoms with Crippen molar-refractivity contribution in [1.82, 2.24) is 4.90 Å². The van der Waals surface area contributed by atoms with Gasteiger partial charge in [0.2, 0.25) is 0 Å². The van der Waals surface area contributed by atoms with Gasteiger partial charge in [-0.3, -0.25) is 4.90 Å². The van der Waals surface area contributed by atoms with E-state index in [4.69, 9.17) is 10.5 Å². The van der Waals surface area contributed by atoms with Crippen molar-refractivity contribution in [2.75, 3.05) is 26.2 Å². The lowest BCUT2D eigenvalue weighted by Gasteiger charge is -2.30. The molecule has 1 saturated heterocycles. The van der Waals surface area contributed by atoms with Crippen LogP contribution >= 0.6 is 27.3 Å². The first-order valence-corrected chi connectivity index (χ1v) is 8.22. The van der Waals surface area contributed by atoms with Gasteiger partial charge in [-0.2, -0.15) is 0 Å². The fourth-order valence-electron chi connectivity index (χ4n) is 2.42. The molecule has 1 aromatic rings. The summed E-state index contributed by atoms with van der Waals surface area (Å²) in [6, 6.07) is 2.42. The summed E-state index contributed by atoms with van der Waals surface area (Å²) in [5.74, 6) is 0. The molecule has 0 aromatic carbocycles. The standard InChI is InChI=1S/C13H21BrN2OS/c1-2-10-9-16(5-3-6-17-10)12(8-15)13-11(14)4-7-18-13/h4,7,10,12H,2-3,5-6,8-9,15H2,1H3. The van der Waals surface area contributed by atoms with Crippen LogP contribution in [-0.2, 0) is 4.74 Å². The van der Waals surface area contributed by atoms with E-state index in [-0.39, 0.29) is 0 Å². The number of hydrogen-bond donors (Lipinski definition) is 1. The summed E-state index contributed by atoms with van der Waals surface area (Å²) in [4.78, 5) is 3.83. The van der Waals surface area contributed by atoms with E-state index in [0.29, 0.717) is 18.7 Å². The minimum absolute atomic E-state index is 0.315. The van der Waals surface area contributed by atoms with E-state index in [1.54, 1.807) is 11.3 Å². The Balaban J connectivity index is 2.13. The van der Waals surface area contributed by atoms with Crippen molar-refractivity contribution < 1.29 is 4.74 Å². The highest BCUT2D eigenvalue weighted by molar-refractivity contribution is 9.10. The molecule has 18 heavy (non-hydrogen) atoms. The number of nitrogens with zero attached hydrogens (tertiary/aromatic N) is 1. The Hall–Kier alpha value is 0.0600. The summed E-state index contributed by atoms with van der Waals surface area (Å²) < 4.78 is 7.02. The molecule has 102 valence electrons. The zero-order chi connectivity index (χ0) is 13.0. The molecular formula is C13H21BrN2OS. The third-order valence-electron chi connectivity index (χ3n) is 3.45. The van der Waals surface area contributed by atoms with Gasteiger partial charge in [-0.05, 0) is 40.2 Å². The molecule has 0 aliphatic carbocycles. The van der Waals surface area contributed by atoms with Crippen molar-refractivity contribution in [1.29, 1.82) is 0 Å². The fourth-order valence-corrected chi connectivity index (χ4v) is 4.20. The van der Waals surface area contributed by atoms with Gasteiger partial charge in [-0.1, -0.05) is 6.92 Å². The second kappa shape index (κ2) is 7.01. The first-order valence-electron chi connectivity index (χ1n) is 6.54. The number of ether oxygens (including phenoxy) is 1. The summed E-state index contributed by atoms with van der Waals surface area (Å²) in [5, 5.41) is 2.12. The zero-order valence-electron chi connectivity index (χ0n) is 10.8. The van der Waals surface area contributed by atoms with E-state index in [9.17, 15) is 0 Å². The van der Waals surface area contributed by atoms with Gasteiger partial charge in [0, 0.05) is 35.6 Å². The van der Waals surface area contributed by atoms with Crippen LogP contribution in [0.5, 0.6) is 0 Å². The largest absolute Gasteiger partial charge is 0.377 e. The fraction of sp³-hybridized carbons (Fsp3) is 0.692. The molecule has 2 atom stereocenters. The smallest absolute Gasteiger partial charge is 0.0699 e. The molecular weight excluding hydrogens is 312 g/mol. The Morgan fingerprint density at radius 1 is 1.67 bits per heavy atom. The second-order valence-corrected chi connectivity index (χ2v) is 6.44. The summed E-state index contributed by atoms with van der Waals surface area (Å²) >= 11 is 5.41. The molecule has 3 nitrogen and oxygen atoms in total. The van der Waals surface area contributed by atoms with Crippen molar-refractivity contribution in [3.63, 3.8) is 0 Å². The van der Waals surface area contributed by atoms with Crippen LogP contribution in [0, 0.1) is 0 Å². The van der Waals surface area contributed by atoms with Gasteiger partial charge in [0.25, 0.3) is 0 Å². The van der Waals surface area contributed by atoms with E-state index in [1.165, 1.54) is 9.35 Å². The van der Waals surface area contributed by atoms with Crippen LogP contribution < -0.4 is 5.73 Å². The van der Waals surface area contributed by atoms with E-state index >= 15 is 0 Å². The SMILES string of the molecule is CCC1CN(C(CN)c2sccc2Br)CCCO1. The quantitative estimate of drug-likeness (QED) is 0.921. The number of rotatable bonds is 4. The number of halogens is 1. The van der Waals surface area contributed by atoms with Crippen molar-refractivity contribution in [3.8, 4) is 0 Å². The van der Waals surface area contributed by atoms with Crippen LogP contribution in [0.2, 0.25) is 0 Å². The minimum Gasteiger partial charge on any atom is -0.377 e. The van der Waals surface area contributed by atoms with Crippen molar-refractivity contribution in [2.45, 2.75) is 31.9 Å². The molecule has 1 aromatic heterocycles. The van der Waals surface area contributed by atoms with E-state index in [1.807, 2.05) is 0 Å².